The van der Waals surface area contributed by atoms with Crippen LogP contribution in [0.4, 0.5) is 19.0 Å². The van der Waals surface area contributed by atoms with E-state index in [2.05, 4.69) is 89.6 Å². The molecule has 7 aliphatic heterocycles. The quantitative estimate of drug-likeness (QED) is 0.0235. The molecule has 30 heteroatoms. The summed E-state index contributed by atoms with van der Waals surface area (Å²) in [4.78, 5) is 67.8. The van der Waals surface area contributed by atoms with E-state index in [0.717, 1.165) is 84.5 Å². The van der Waals surface area contributed by atoms with Crippen LogP contribution in [0, 0.1) is 23.4 Å². The number of aromatic nitrogens is 4. The Balaban J connectivity index is 0.000000145. The Morgan fingerprint density at radius 2 is 0.954 bits per heavy atom. The lowest BCUT2D eigenvalue weighted by atomic mass is 9.75. The zero-order chi connectivity index (χ0) is 77.8. The average molecular weight is 1580 g/mol. The summed E-state index contributed by atoms with van der Waals surface area (Å²) >= 11 is 9.17. The summed E-state index contributed by atoms with van der Waals surface area (Å²) in [6.45, 7) is 25.8. The molecule has 7 aliphatic rings. The van der Waals surface area contributed by atoms with Crippen molar-refractivity contribution in [3.05, 3.63) is 196 Å². The van der Waals surface area contributed by atoms with E-state index in [4.69, 9.17) is 60.9 Å². The van der Waals surface area contributed by atoms with E-state index in [0.29, 0.717) is 83.9 Å². The van der Waals surface area contributed by atoms with Crippen molar-refractivity contribution in [3.8, 4) is 45.9 Å². The van der Waals surface area contributed by atoms with Crippen LogP contribution in [-0.2, 0) is 53.0 Å². The van der Waals surface area contributed by atoms with Gasteiger partial charge in [-0.25, -0.2) is 33.1 Å². The van der Waals surface area contributed by atoms with Crippen LogP contribution in [0.15, 0.2) is 140 Å². The van der Waals surface area contributed by atoms with Crippen molar-refractivity contribution >= 4 is 82.1 Å². The second-order valence-electron chi connectivity index (χ2n) is 29.3. The number of carbonyl (C=O) groups is 4. The van der Waals surface area contributed by atoms with Gasteiger partial charge in [0.2, 0.25) is 17.1 Å². The van der Waals surface area contributed by atoms with Crippen LogP contribution in [0.1, 0.15) is 131 Å². The molecule has 109 heavy (non-hydrogen) atoms. The summed E-state index contributed by atoms with van der Waals surface area (Å²) in [5.74, 6) is 1.88. The summed E-state index contributed by atoms with van der Waals surface area (Å²) in [5.41, 5.74) is 15.7. The number of anilines is 1. The van der Waals surface area contributed by atoms with Gasteiger partial charge in [0.15, 0.2) is 5.82 Å². The Kier molecular flexibility index (Phi) is 26.6. The van der Waals surface area contributed by atoms with Crippen molar-refractivity contribution in [2.24, 2.45) is 17.4 Å². The summed E-state index contributed by atoms with van der Waals surface area (Å²) in [7, 11) is -0.821. The highest BCUT2D eigenvalue weighted by Crippen LogP contribution is 2.40. The van der Waals surface area contributed by atoms with E-state index in [9.17, 15) is 32.3 Å². The maximum Gasteiger partial charge on any atom is 0.495 e. The van der Waals surface area contributed by atoms with Gasteiger partial charge >= 0.3 is 14.2 Å². The average Bonchev–Trinajstić information content (AvgIpc) is 1.61. The molecule has 8 N–H and O–H groups in total. The first-order valence-corrected chi connectivity index (χ1v) is 37.9. The van der Waals surface area contributed by atoms with E-state index in [1.54, 1.807) is 48.5 Å². The number of ether oxygens (including phenoxy) is 3. The van der Waals surface area contributed by atoms with Gasteiger partial charge in [-0.05, 0) is 287 Å². The van der Waals surface area contributed by atoms with Gasteiger partial charge in [0.25, 0.3) is 11.8 Å². The van der Waals surface area contributed by atoms with E-state index in [1.807, 2.05) is 76.2 Å². The van der Waals surface area contributed by atoms with Gasteiger partial charge in [0.05, 0.1) is 22.4 Å². The highest BCUT2D eigenvalue weighted by molar-refractivity contribution is 9.08. The lowest BCUT2D eigenvalue weighted by Gasteiger charge is -2.32. The van der Waals surface area contributed by atoms with Gasteiger partial charge < -0.3 is 65.6 Å². The number of alkyl halides is 1. The van der Waals surface area contributed by atoms with Gasteiger partial charge in [-0.3, -0.25) is 29.0 Å². The number of benzene rings is 6. The number of hydrogen-bond donors (Lipinski definition) is 6. The molecule has 0 saturated carbocycles. The number of likely N-dealkylation sites (tertiary alicyclic amines) is 2. The predicted octanol–water partition coefficient (Wildman–Crippen LogP) is 11.5. The molecule has 8 aromatic rings. The van der Waals surface area contributed by atoms with Crippen molar-refractivity contribution in [2.45, 2.75) is 141 Å². The molecule has 9 heterocycles. The Morgan fingerprint density at radius 3 is 1.37 bits per heavy atom. The highest BCUT2D eigenvalue weighted by Gasteiger charge is 2.53. The standard InChI is InChI=1S/C26H26FN5O3.C22H27BFNO3.C19H21BBrFO3.C9H10ClN5O2.C3H7N/c27-18-2-4-20(5-3-18)35-21-6-7-22(17(13-21)15-32-10-1-11-32)25-30-19(14-23(31-25)24(28)33)12-16-8-9-29-26(16)34;1-21(2)22(3,4)28-23(27-21)20-11-10-19(14-16(20)15-25-12-5-13-25)26-18-8-6-17(24)7-9-18;1-18(2)19(3,4)25-20(24-18)17-10-9-16(11-13(17)12-21)23-15-7-5-14(22)6-8-15;10-9-14-5(7(11)16)3-6(15-9)13-4-1-2-12-8(4)17;1-2-4-3-1/h2-7,13-14,16H,1,8-12,15H2,(H2,28,33)(H,29,34);6-11,14H,5,12-13,15H2,1-4H3;5-11H,12H2,1-4H3;3-4H,1-2H2,(H2,11,16)(H,12,17)(H,13,14,15);4H,1-3H2. The van der Waals surface area contributed by atoms with Crippen molar-refractivity contribution in [2.75, 3.05) is 57.7 Å². The summed E-state index contributed by atoms with van der Waals surface area (Å²) in [6.07, 6.45) is 5.54. The van der Waals surface area contributed by atoms with Gasteiger partial charge in [0.1, 0.15) is 75.2 Å². The minimum Gasteiger partial charge on any atom is -0.457 e. The van der Waals surface area contributed by atoms with Crippen LogP contribution in [0.25, 0.3) is 11.4 Å². The number of amides is 4. The topological polar surface area (TPSA) is 291 Å². The fourth-order valence-corrected chi connectivity index (χ4v) is 12.7. The third-order valence-electron chi connectivity index (χ3n) is 20.2. The molecule has 23 nitrogen and oxygen atoms in total. The van der Waals surface area contributed by atoms with Crippen molar-refractivity contribution in [3.63, 3.8) is 0 Å². The monoisotopic (exact) mass is 1580 g/mol. The Bertz CT molecular complexity index is 4490. The molecule has 574 valence electrons. The van der Waals surface area contributed by atoms with Gasteiger partial charge in [-0.15, -0.1) is 0 Å². The first kappa shape index (κ1) is 81.0. The first-order chi connectivity index (χ1) is 51.9. The smallest absolute Gasteiger partial charge is 0.457 e. The fourth-order valence-electron chi connectivity index (χ4n) is 12.0. The Labute approximate surface area is 647 Å². The second-order valence-corrected chi connectivity index (χ2v) is 30.2. The fraction of sp³-hybridized carbons (Fsp3) is 0.392. The highest BCUT2D eigenvalue weighted by atomic mass is 79.9. The van der Waals surface area contributed by atoms with Gasteiger partial charge in [-0.2, -0.15) is 0 Å². The van der Waals surface area contributed by atoms with Crippen LogP contribution >= 0.6 is 27.5 Å². The number of nitrogens with one attached hydrogen (secondary N) is 4. The van der Waals surface area contributed by atoms with Gasteiger partial charge in [-0.1, -0.05) is 28.1 Å². The summed E-state index contributed by atoms with van der Waals surface area (Å²) < 4.78 is 81.9. The van der Waals surface area contributed by atoms with Crippen molar-refractivity contribution in [1.29, 1.82) is 0 Å². The molecule has 2 atom stereocenters. The molecule has 2 aromatic heterocycles. The number of nitrogens with two attached hydrogens (primary N) is 2. The molecule has 7 saturated heterocycles. The number of rotatable bonds is 20. The van der Waals surface area contributed by atoms with E-state index in [-0.39, 0.29) is 80.3 Å². The Hall–Kier alpha value is -9.03. The number of hydrogen-bond acceptors (Lipinski definition) is 19. The number of carbonyl (C=O) groups excluding carboxylic acids is 4. The lowest BCUT2D eigenvalue weighted by Crippen LogP contribution is -2.41. The van der Waals surface area contributed by atoms with Crippen LogP contribution in [0.2, 0.25) is 5.28 Å². The third kappa shape index (κ3) is 21.5. The second kappa shape index (κ2) is 35.8. The molecule has 0 spiro atoms. The molecule has 4 amide bonds. The minimum atomic E-state index is -0.701. The number of nitrogens with zero attached hydrogens (tertiary/aromatic N) is 6. The molecule has 0 aliphatic carbocycles. The molecular weight excluding hydrogens is 1490 g/mol. The number of primary amides is 2. The zero-order valence-corrected chi connectivity index (χ0v) is 64.7. The molecule has 0 radical (unpaired) electrons. The van der Waals surface area contributed by atoms with Crippen molar-refractivity contribution in [1.82, 2.24) is 45.7 Å². The maximum atomic E-state index is 13.3. The molecule has 2 unspecified atom stereocenters. The number of halogens is 5. The normalized spacial score (nSPS) is 19.1. The SMILES string of the molecule is C1CNC1.CC1(C)OB(c2ccc(Oc3ccc(F)cc3)cc2CBr)OC1(C)C.CC1(C)OB(c2ccc(Oc3ccc(F)cc3)cc2CN2CCC2)OC1(C)C.NC(=O)c1cc(CC2CCNC2=O)nc(-c2ccc(Oc3ccc(F)cc3)cc2CN2CCC2)n1.NC(=O)c1cc(NC2CCNC2=O)nc(Cl)n1. The summed E-state index contributed by atoms with van der Waals surface area (Å²) in [6, 6.07) is 37.7. The molecular formula is C79H91B2BrClF3N12O11. The lowest BCUT2D eigenvalue weighted by molar-refractivity contribution is -0.122. The van der Waals surface area contributed by atoms with E-state index >= 15 is 0 Å². The molecule has 0 bridgehead atoms. The van der Waals surface area contributed by atoms with Crippen LogP contribution in [-0.4, -0.2) is 148 Å². The van der Waals surface area contributed by atoms with Crippen LogP contribution in [0.5, 0.6) is 34.5 Å². The van der Waals surface area contributed by atoms with Gasteiger partial charge in [0, 0.05) is 61.2 Å². The third-order valence-corrected chi connectivity index (χ3v) is 21.0. The van der Waals surface area contributed by atoms with Crippen LogP contribution in [0.3, 0.4) is 0 Å². The first-order valence-electron chi connectivity index (χ1n) is 36.4. The molecule has 6 aromatic carbocycles. The molecule has 15 rings (SSSR count). The summed E-state index contributed by atoms with van der Waals surface area (Å²) in [5, 5.41) is 12.0. The van der Waals surface area contributed by atoms with Crippen LogP contribution < -0.4 is 57.9 Å². The van der Waals surface area contributed by atoms with E-state index < -0.39 is 26.1 Å². The largest absolute Gasteiger partial charge is 0.495 e. The van der Waals surface area contributed by atoms with E-state index in [1.165, 1.54) is 68.4 Å². The Morgan fingerprint density at radius 1 is 0.541 bits per heavy atom. The molecule has 7 fully saturated rings. The maximum absolute atomic E-state index is 13.3. The van der Waals surface area contributed by atoms with Crippen molar-refractivity contribution < 1.29 is 65.2 Å². The zero-order valence-electron chi connectivity index (χ0n) is 62.3. The predicted molar refractivity (Wildman–Crippen MR) is 415 cm³/mol. The minimum absolute atomic E-state index is 0.00547.